The molecule has 2 saturated heterocycles. The topological polar surface area (TPSA) is 87.0 Å². The second-order valence-electron chi connectivity index (χ2n) is 8.63. The average Bonchev–Trinajstić information content (AvgIpc) is 3.21. The van der Waals surface area contributed by atoms with Gasteiger partial charge in [-0.3, -0.25) is 9.59 Å². The minimum absolute atomic E-state index is 0.0557. The molecule has 158 valence electrons. The van der Waals surface area contributed by atoms with Gasteiger partial charge in [0.25, 0.3) is 5.91 Å². The zero-order valence-corrected chi connectivity index (χ0v) is 18.0. The Morgan fingerprint density at radius 3 is 2.76 bits per heavy atom. The van der Waals surface area contributed by atoms with E-state index in [0.29, 0.717) is 26.2 Å². The van der Waals surface area contributed by atoms with E-state index in [0.717, 1.165) is 49.5 Å². The number of hydrogen-bond donors (Lipinski definition) is 2. The van der Waals surface area contributed by atoms with Crippen molar-refractivity contribution in [1.29, 1.82) is 0 Å². The van der Waals surface area contributed by atoms with Crippen LogP contribution in [0, 0.1) is 12.8 Å². The van der Waals surface area contributed by atoms with Crippen molar-refractivity contribution in [2.75, 3.05) is 32.8 Å². The maximum Gasteiger partial charge on any atom is 0.329 e. The molecule has 0 unspecified atom stereocenters. The van der Waals surface area contributed by atoms with Gasteiger partial charge in [0.1, 0.15) is 10.5 Å². The fourth-order valence-electron chi connectivity index (χ4n) is 4.82. The third-order valence-corrected chi connectivity index (χ3v) is 7.64. The minimum Gasteiger partial charge on any atom is -0.331 e. The van der Waals surface area contributed by atoms with Gasteiger partial charge in [-0.15, -0.1) is 11.3 Å². The van der Waals surface area contributed by atoms with E-state index in [4.69, 9.17) is 0 Å². The van der Waals surface area contributed by atoms with Crippen LogP contribution in [0.1, 0.15) is 43.3 Å². The third kappa shape index (κ3) is 3.90. The van der Waals surface area contributed by atoms with Crippen molar-refractivity contribution in [3.8, 4) is 0 Å². The molecule has 0 bridgehead atoms. The van der Waals surface area contributed by atoms with Crippen molar-refractivity contribution in [1.82, 2.24) is 20.1 Å². The van der Waals surface area contributed by atoms with Crippen molar-refractivity contribution in [3.05, 3.63) is 16.1 Å². The van der Waals surface area contributed by atoms with Gasteiger partial charge in [-0.1, -0.05) is 19.8 Å². The van der Waals surface area contributed by atoms with Gasteiger partial charge in [0, 0.05) is 11.1 Å². The molecule has 4 rings (SSSR count). The Bertz CT molecular complexity index is 804. The highest BCUT2D eigenvalue weighted by atomic mass is 32.1. The number of carbonyl (C=O) groups is 3. The van der Waals surface area contributed by atoms with Gasteiger partial charge >= 0.3 is 6.03 Å². The third-order valence-electron chi connectivity index (χ3n) is 6.68. The van der Waals surface area contributed by atoms with Gasteiger partial charge in [-0.25, -0.2) is 14.7 Å². The fourth-order valence-corrected chi connectivity index (χ4v) is 5.58. The molecule has 8 nitrogen and oxygen atoms in total. The number of quaternary nitrogens is 1. The molecule has 3 fully saturated rings. The number of aromatic nitrogens is 1. The Hall–Kier alpha value is -2.00. The smallest absolute Gasteiger partial charge is 0.329 e. The number of nitrogens with zero attached hydrogens (tertiary/aromatic N) is 3. The average molecular weight is 421 g/mol. The van der Waals surface area contributed by atoms with Gasteiger partial charge in [-0.05, 0) is 25.7 Å². The van der Waals surface area contributed by atoms with Gasteiger partial charge < -0.3 is 15.1 Å². The van der Waals surface area contributed by atoms with Crippen molar-refractivity contribution >= 4 is 29.2 Å². The van der Waals surface area contributed by atoms with Crippen LogP contribution in [-0.4, -0.2) is 71.0 Å². The summed E-state index contributed by atoms with van der Waals surface area (Å²) in [4.78, 5) is 47.0. The van der Waals surface area contributed by atoms with E-state index < -0.39 is 5.54 Å². The van der Waals surface area contributed by atoms with E-state index in [-0.39, 0.29) is 23.8 Å². The molecule has 1 aromatic heterocycles. The van der Waals surface area contributed by atoms with Crippen LogP contribution >= 0.6 is 11.3 Å². The lowest BCUT2D eigenvalue weighted by Crippen LogP contribution is -3.16. The summed E-state index contributed by atoms with van der Waals surface area (Å²) in [5.41, 5.74) is 0.254. The van der Waals surface area contributed by atoms with Crippen LogP contribution in [0.2, 0.25) is 0 Å². The number of nitrogens with one attached hydrogen (secondary N) is 2. The molecule has 2 aliphatic heterocycles. The summed E-state index contributed by atoms with van der Waals surface area (Å²) in [6.45, 7) is 7.15. The molecule has 2 N–H and O–H groups in total. The van der Waals surface area contributed by atoms with E-state index in [1.165, 1.54) is 21.1 Å². The van der Waals surface area contributed by atoms with Gasteiger partial charge in [0.05, 0.1) is 32.6 Å². The van der Waals surface area contributed by atoms with E-state index in [9.17, 15) is 14.4 Å². The van der Waals surface area contributed by atoms with E-state index >= 15 is 0 Å². The number of amides is 4. The number of rotatable bonds is 4. The van der Waals surface area contributed by atoms with Crippen LogP contribution in [0.4, 0.5) is 4.79 Å². The quantitative estimate of drug-likeness (QED) is 0.681. The normalized spacial score (nSPS) is 28.3. The molecule has 4 amide bonds. The van der Waals surface area contributed by atoms with Crippen LogP contribution in [0.5, 0.6) is 0 Å². The molecule has 9 heteroatoms. The molecule has 29 heavy (non-hydrogen) atoms. The number of aryl methyl sites for hydroxylation is 1. The number of urea groups is 1. The number of hydrogen-bond acceptors (Lipinski definition) is 5. The van der Waals surface area contributed by atoms with Crippen molar-refractivity contribution < 1.29 is 19.3 Å². The number of imide groups is 1. The zero-order chi connectivity index (χ0) is 20.6. The van der Waals surface area contributed by atoms with E-state index in [1.807, 2.05) is 17.2 Å². The Morgan fingerprint density at radius 2 is 2.10 bits per heavy atom. The first-order valence-electron chi connectivity index (χ1n) is 10.6. The second kappa shape index (κ2) is 8.02. The molecule has 1 aromatic rings. The minimum atomic E-state index is -0.696. The lowest BCUT2D eigenvalue weighted by molar-refractivity contribution is -0.911. The Kier molecular flexibility index (Phi) is 5.61. The second-order valence-corrected chi connectivity index (χ2v) is 9.57. The highest BCUT2D eigenvalue weighted by Gasteiger charge is 2.55. The fraction of sp³-hybridized carbons (Fsp3) is 0.700. The lowest BCUT2D eigenvalue weighted by Gasteiger charge is -2.37. The Morgan fingerprint density at radius 1 is 1.34 bits per heavy atom. The number of thiazole rings is 1. The standard InChI is InChI=1S/C20H29N5O3S/c1-14-5-3-4-6-20(14)18(27)25(19(28)22-20)13-23-7-9-24(10-8-23)17(26)11-16-21-15(2)12-29-16/h12,14H,3-11,13H2,1-2H3,(H,22,28)/p+1/t14-,20+/m1/s1. The molecule has 0 radical (unpaired) electrons. The highest BCUT2D eigenvalue weighted by Crippen LogP contribution is 2.37. The molecular weight excluding hydrogens is 390 g/mol. The summed E-state index contributed by atoms with van der Waals surface area (Å²) in [6, 6.07) is -0.256. The van der Waals surface area contributed by atoms with Crippen LogP contribution in [0.15, 0.2) is 5.38 Å². The van der Waals surface area contributed by atoms with Crippen LogP contribution < -0.4 is 10.2 Å². The van der Waals surface area contributed by atoms with Crippen molar-refractivity contribution in [2.24, 2.45) is 5.92 Å². The lowest BCUT2D eigenvalue weighted by atomic mass is 9.73. The highest BCUT2D eigenvalue weighted by molar-refractivity contribution is 7.09. The maximum absolute atomic E-state index is 13.1. The molecule has 0 aromatic carbocycles. The first-order valence-corrected chi connectivity index (χ1v) is 11.4. The van der Waals surface area contributed by atoms with E-state index in [2.05, 4.69) is 17.2 Å². The summed E-state index contributed by atoms with van der Waals surface area (Å²) in [5, 5.41) is 5.83. The molecule has 1 aliphatic carbocycles. The first kappa shape index (κ1) is 20.3. The molecule has 3 heterocycles. The number of piperazine rings is 1. The molecule has 1 spiro atoms. The van der Waals surface area contributed by atoms with Gasteiger partial charge in [-0.2, -0.15) is 0 Å². The summed E-state index contributed by atoms with van der Waals surface area (Å²) in [6.07, 6.45) is 4.17. The van der Waals surface area contributed by atoms with E-state index in [1.54, 1.807) is 0 Å². The Balaban J connectivity index is 1.31. The number of carbonyl (C=O) groups excluding carboxylic acids is 3. The zero-order valence-electron chi connectivity index (χ0n) is 17.2. The summed E-state index contributed by atoms with van der Waals surface area (Å²) < 4.78 is 0. The van der Waals surface area contributed by atoms with Crippen molar-refractivity contribution in [3.63, 3.8) is 0 Å². The summed E-state index contributed by atoms with van der Waals surface area (Å²) in [5.74, 6) is 0.222. The SMILES string of the molecule is Cc1csc(CC(=O)N2CC[NH+](CN3C(=O)N[C@]4(CCCC[C@H]4C)C3=O)CC2)n1. The molecule has 1 saturated carbocycles. The summed E-state index contributed by atoms with van der Waals surface area (Å²) >= 11 is 1.52. The molecule has 2 atom stereocenters. The first-order chi connectivity index (χ1) is 13.9. The van der Waals surface area contributed by atoms with Crippen LogP contribution in [-0.2, 0) is 16.0 Å². The summed E-state index contributed by atoms with van der Waals surface area (Å²) in [7, 11) is 0. The van der Waals surface area contributed by atoms with Crippen LogP contribution in [0.3, 0.4) is 0 Å². The van der Waals surface area contributed by atoms with Gasteiger partial charge in [0.15, 0.2) is 6.67 Å². The predicted octanol–water partition coefficient (Wildman–Crippen LogP) is 0.179. The maximum atomic E-state index is 13.1. The van der Waals surface area contributed by atoms with Crippen LogP contribution in [0.25, 0.3) is 0 Å². The van der Waals surface area contributed by atoms with Gasteiger partial charge in [0.2, 0.25) is 5.91 Å². The largest absolute Gasteiger partial charge is 0.331 e. The molecule has 3 aliphatic rings. The van der Waals surface area contributed by atoms with Crippen molar-refractivity contribution in [2.45, 2.75) is 51.5 Å². The molecular formula is C20H30N5O3S+. The monoisotopic (exact) mass is 420 g/mol. The predicted molar refractivity (Wildman–Crippen MR) is 108 cm³/mol. The Labute approximate surface area is 175 Å².